The number of nitrogens with two attached hydrogens (primary N) is 1. The fourth-order valence-electron chi connectivity index (χ4n) is 1.84. The summed E-state index contributed by atoms with van der Waals surface area (Å²) < 4.78 is 0. The fourth-order valence-corrected chi connectivity index (χ4v) is 2.61. The molecule has 0 amide bonds. The molecule has 2 aromatic heterocycles. The van der Waals surface area contributed by atoms with E-state index in [9.17, 15) is 0 Å². The van der Waals surface area contributed by atoms with Crippen LogP contribution in [-0.4, -0.2) is 9.97 Å². The average Bonchev–Trinajstić information content (AvgIpc) is 2.96. The lowest BCUT2D eigenvalue weighted by Gasteiger charge is -2.06. The van der Waals surface area contributed by atoms with Gasteiger partial charge < -0.3 is 11.1 Å². The van der Waals surface area contributed by atoms with Crippen LogP contribution in [-0.2, 0) is 0 Å². The summed E-state index contributed by atoms with van der Waals surface area (Å²) in [6, 6.07) is 15.0. The van der Waals surface area contributed by atoms with Crippen LogP contribution in [0.4, 0.5) is 17.3 Å². The molecule has 5 nitrogen and oxygen atoms in total. The second-order valence-electron chi connectivity index (χ2n) is 4.29. The number of benzene rings is 1. The zero-order valence-corrected chi connectivity index (χ0v) is 11.8. The van der Waals surface area contributed by atoms with E-state index in [-0.39, 0.29) is 0 Å². The first kappa shape index (κ1) is 13.1. The van der Waals surface area contributed by atoms with E-state index in [1.54, 1.807) is 12.3 Å². The van der Waals surface area contributed by atoms with Crippen LogP contribution < -0.4 is 11.1 Å². The average molecular weight is 293 g/mol. The number of nitrogens with zero attached hydrogens (tertiary/aromatic N) is 3. The van der Waals surface area contributed by atoms with Crippen molar-refractivity contribution in [2.75, 3.05) is 11.1 Å². The number of anilines is 3. The van der Waals surface area contributed by atoms with Crippen LogP contribution in [0.5, 0.6) is 0 Å². The van der Waals surface area contributed by atoms with Crippen molar-refractivity contribution in [3.63, 3.8) is 0 Å². The van der Waals surface area contributed by atoms with E-state index in [0.717, 1.165) is 16.3 Å². The maximum atomic E-state index is 8.88. The molecule has 3 aromatic rings. The SMILES string of the molecule is N#Cc1ccc(-c2ccnc(Nc3cccc(N)c3)n2)s1. The first-order chi connectivity index (χ1) is 10.2. The third kappa shape index (κ3) is 2.99. The van der Waals surface area contributed by atoms with Crippen LogP contribution in [0, 0.1) is 11.3 Å². The van der Waals surface area contributed by atoms with E-state index in [0.29, 0.717) is 16.5 Å². The molecular formula is C15H11N5S. The first-order valence-corrected chi connectivity index (χ1v) is 7.02. The van der Waals surface area contributed by atoms with Gasteiger partial charge in [0.05, 0.1) is 10.6 Å². The van der Waals surface area contributed by atoms with Gasteiger partial charge in [0.2, 0.25) is 5.95 Å². The van der Waals surface area contributed by atoms with Crippen LogP contribution in [0.15, 0.2) is 48.7 Å². The Morgan fingerprint density at radius 3 is 2.86 bits per heavy atom. The highest BCUT2D eigenvalue weighted by atomic mass is 32.1. The Kier molecular flexibility index (Phi) is 3.50. The molecule has 0 radical (unpaired) electrons. The van der Waals surface area contributed by atoms with Gasteiger partial charge in [-0.25, -0.2) is 9.97 Å². The lowest BCUT2D eigenvalue weighted by atomic mass is 10.3. The summed E-state index contributed by atoms with van der Waals surface area (Å²) in [6.07, 6.45) is 1.68. The predicted octanol–water partition coefficient (Wildman–Crippen LogP) is 3.40. The van der Waals surface area contributed by atoms with Gasteiger partial charge in [0, 0.05) is 17.6 Å². The standard InChI is InChI=1S/C15H11N5S/c16-9-12-4-5-14(21-12)13-6-7-18-15(20-13)19-11-3-1-2-10(17)8-11/h1-8H,17H2,(H,18,19,20). The van der Waals surface area contributed by atoms with Crippen LogP contribution in [0.25, 0.3) is 10.6 Å². The molecule has 0 fully saturated rings. The molecule has 6 heteroatoms. The van der Waals surface area contributed by atoms with Crippen LogP contribution >= 0.6 is 11.3 Å². The minimum Gasteiger partial charge on any atom is -0.399 e. The summed E-state index contributed by atoms with van der Waals surface area (Å²) in [6.45, 7) is 0. The van der Waals surface area contributed by atoms with Gasteiger partial charge in [-0.2, -0.15) is 5.26 Å². The molecule has 0 saturated heterocycles. The second kappa shape index (κ2) is 5.61. The van der Waals surface area contributed by atoms with Crippen molar-refractivity contribution in [3.8, 4) is 16.6 Å². The molecule has 102 valence electrons. The van der Waals surface area contributed by atoms with Crippen molar-refractivity contribution in [1.29, 1.82) is 5.26 Å². The fraction of sp³-hybridized carbons (Fsp3) is 0. The van der Waals surface area contributed by atoms with Crippen molar-refractivity contribution in [1.82, 2.24) is 9.97 Å². The van der Waals surface area contributed by atoms with E-state index in [1.165, 1.54) is 11.3 Å². The number of aromatic nitrogens is 2. The Morgan fingerprint density at radius 2 is 2.10 bits per heavy atom. The molecule has 21 heavy (non-hydrogen) atoms. The Hall–Kier alpha value is -2.91. The molecular weight excluding hydrogens is 282 g/mol. The van der Waals surface area contributed by atoms with E-state index in [4.69, 9.17) is 11.0 Å². The molecule has 0 aliphatic rings. The minimum absolute atomic E-state index is 0.491. The Labute approximate surface area is 125 Å². The maximum Gasteiger partial charge on any atom is 0.227 e. The van der Waals surface area contributed by atoms with Gasteiger partial charge in [-0.15, -0.1) is 11.3 Å². The van der Waals surface area contributed by atoms with Crippen LogP contribution in [0.1, 0.15) is 4.88 Å². The lowest BCUT2D eigenvalue weighted by molar-refractivity contribution is 1.17. The van der Waals surface area contributed by atoms with Gasteiger partial charge in [-0.1, -0.05) is 6.07 Å². The highest BCUT2D eigenvalue weighted by Crippen LogP contribution is 2.27. The highest BCUT2D eigenvalue weighted by molar-refractivity contribution is 7.15. The summed E-state index contributed by atoms with van der Waals surface area (Å²) >= 11 is 1.40. The summed E-state index contributed by atoms with van der Waals surface area (Å²) in [5.74, 6) is 0.491. The number of hydrogen-bond donors (Lipinski definition) is 2. The van der Waals surface area contributed by atoms with Crippen LogP contribution in [0.2, 0.25) is 0 Å². The van der Waals surface area contributed by atoms with E-state index >= 15 is 0 Å². The number of nitrogen functional groups attached to an aromatic ring is 1. The molecule has 3 rings (SSSR count). The summed E-state index contributed by atoms with van der Waals surface area (Å²) in [4.78, 5) is 10.2. The predicted molar refractivity (Wildman–Crippen MR) is 84.2 cm³/mol. The Balaban J connectivity index is 1.88. The highest BCUT2D eigenvalue weighted by Gasteiger charge is 2.06. The van der Waals surface area contributed by atoms with Crippen LogP contribution in [0.3, 0.4) is 0 Å². The van der Waals surface area contributed by atoms with E-state index in [2.05, 4.69) is 21.4 Å². The monoisotopic (exact) mass is 293 g/mol. The van der Waals surface area contributed by atoms with Gasteiger partial charge in [0.25, 0.3) is 0 Å². The minimum atomic E-state index is 0.491. The quantitative estimate of drug-likeness (QED) is 0.723. The third-order valence-electron chi connectivity index (χ3n) is 2.77. The van der Waals surface area contributed by atoms with Crippen molar-refractivity contribution in [2.45, 2.75) is 0 Å². The summed E-state index contributed by atoms with van der Waals surface area (Å²) in [5, 5.41) is 12.0. The molecule has 0 spiro atoms. The molecule has 1 aromatic carbocycles. The van der Waals surface area contributed by atoms with Crippen molar-refractivity contribution < 1.29 is 0 Å². The topological polar surface area (TPSA) is 87.6 Å². The van der Waals surface area contributed by atoms with Gasteiger partial charge in [-0.05, 0) is 36.4 Å². The van der Waals surface area contributed by atoms with Crippen molar-refractivity contribution in [2.24, 2.45) is 0 Å². The molecule has 0 bridgehead atoms. The molecule has 2 heterocycles. The molecule has 0 aliphatic heterocycles. The van der Waals surface area contributed by atoms with E-state index in [1.807, 2.05) is 36.4 Å². The smallest absolute Gasteiger partial charge is 0.227 e. The molecule has 3 N–H and O–H groups in total. The number of nitrogens with one attached hydrogen (secondary N) is 1. The summed E-state index contributed by atoms with van der Waals surface area (Å²) in [7, 11) is 0. The lowest BCUT2D eigenvalue weighted by Crippen LogP contribution is -1.98. The number of rotatable bonds is 3. The van der Waals surface area contributed by atoms with Gasteiger partial charge in [0.15, 0.2) is 0 Å². The maximum absolute atomic E-state index is 8.88. The molecule has 0 saturated carbocycles. The Bertz CT molecular complexity index is 819. The largest absolute Gasteiger partial charge is 0.399 e. The number of hydrogen-bond acceptors (Lipinski definition) is 6. The Morgan fingerprint density at radius 1 is 1.19 bits per heavy atom. The normalized spacial score (nSPS) is 10.0. The number of thiophene rings is 1. The third-order valence-corrected chi connectivity index (χ3v) is 3.78. The van der Waals surface area contributed by atoms with Gasteiger partial charge in [-0.3, -0.25) is 0 Å². The zero-order chi connectivity index (χ0) is 14.7. The van der Waals surface area contributed by atoms with Gasteiger partial charge >= 0.3 is 0 Å². The zero-order valence-electron chi connectivity index (χ0n) is 10.9. The number of nitriles is 1. The first-order valence-electron chi connectivity index (χ1n) is 6.20. The molecule has 0 aliphatic carbocycles. The van der Waals surface area contributed by atoms with Crippen molar-refractivity contribution >= 4 is 28.7 Å². The van der Waals surface area contributed by atoms with E-state index < -0.39 is 0 Å². The van der Waals surface area contributed by atoms with Crippen molar-refractivity contribution in [3.05, 3.63) is 53.5 Å². The molecule has 0 unspecified atom stereocenters. The second-order valence-corrected chi connectivity index (χ2v) is 5.38. The van der Waals surface area contributed by atoms with Gasteiger partial charge in [0.1, 0.15) is 10.9 Å². The molecule has 0 atom stereocenters. The summed E-state index contributed by atoms with van der Waals surface area (Å²) in [5.41, 5.74) is 8.03.